The normalized spacial score (nSPS) is 16.7. The van der Waals surface area contributed by atoms with E-state index >= 15 is 0 Å². The minimum Gasteiger partial charge on any atom is -0.454 e. The molecule has 2 aliphatic heterocycles. The Hall–Kier alpha value is -4.13. The minimum absolute atomic E-state index is 0.0588. The van der Waals surface area contributed by atoms with Gasteiger partial charge in [0.05, 0.1) is 37.3 Å². The molecule has 44 heavy (non-hydrogen) atoms. The molecule has 1 fully saturated rings. The lowest BCUT2D eigenvalue weighted by Crippen LogP contribution is -2.23. The second-order valence-electron chi connectivity index (χ2n) is 10.9. The fourth-order valence-corrected chi connectivity index (χ4v) is 6.48. The molecule has 2 unspecified atom stereocenters. The van der Waals surface area contributed by atoms with Gasteiger partial charge in [0.1, 0.15) is 0 Å². The van der Waals surface area contributed by atoms with Crippen LogP contribution in [0.25, 0.3) is 11.3 Å². The van der Waals surface area contributed by atoms with Crippen LogP contribution in [0.4, 0.5) is 4.39 Å². The van der Waals surface area contributed by atoms with Gasteiger partial charge in [0, 0.05) is 30.0 Å². The number of rotatable bonds is 11. The van der Waals surface area contributed by atoms with Crippen LogP contribution in [-0.2, 0) is 25.9 Å². The number of halogens is 1. The lowest BCUT2D eigenvalue weighted by atomic mass is 10.1. The van der Waals surface area contributed by atoms with E-state index < -0.39 is 27.3 Å². The van der Waals surface area contributed by atoms with E-state index in [-0.39, 0.29) is 47.8 Å². The summed E-state index contributed by atoms with van der Waals surface area (Å²) in [5.74, 6) is 0.167. The van der Waals surface area contributed by atoms with Gasteiger partial charge in [-0.2, -0.15) is 0 Å². The lowest BCUT2D eigenvalue weighted by Gasteiger charge is -2.20. The highest BCUT2D eigenvalue weighted by Gasteiger charge is 2.25. The number of sulfone groups is 1. The van der Waals surface area contributed by atoms with Crippen molar-refractivity contribution < 1.29 is 31.8 Å². The van der Waals surface area contributed by atoms with Crippen LogP contribution in [0.3, 0.4) is 0 Å². The van der Waals surface area contributed by atoms with Gasteiger partial charge >= 0.3 is 0 Å². The Morgan fingerprint density at radius 1 is 1.07 bits per heavy atom. The van der Waals surface area contributed by atoms with Gasteiger partial charge in [0.25, 0.3) is 5.56 Å². The second-order valence-corrected chi connectivity index (χ2v) is 12.9. The van der Waals surface area contributed by atoms with Crippen molar-refractivity contribution in [1.82, 2.24) is 14.5 Å². The van der Waals surface area contributed by atoms with Gasteiger partial charge < -0.3 is 23.5 Å². The topological polar surface area (TPSA) is 119 Å². The summed E-state index contributed by atoms with van der Waals surface area (Å²) in [6.07, 6.45) is 2.12. The van der Waals surface area contributed by atoms with Crippen molar-refractivity contribution in [2.24, 2.45) is 5.92 Å². The molecule has 230 valence electrons. The van der Waals surface area contributed by atoms with Crippen LogP contribution < -0.4 is 15.0 Å². The predicted molar refractivity (Wildman–Crippen MR) is 159 cm³/mol. The molecule has 2 aromatic heterocycles. The summed E-state index contributed by atoms with van der Waals surface area (Å²) in [5, 5.41) is -0.363. The molecule has 10 nitrogen and oxygen atoms in total. The van der Waals surface area contributed by atoms with Crippen molar-refractivity contribution >= 4 is 9.84 Å². The highest BCUT2D eigenvalue weighted by Crippen LogP contribution is 2.33. The number of hydrogen-bond donors (Lipinski definition) is 0. The molecule has 0 amide bonds. The lowest BCUT2D eigenvalue weighted by molar-refractivity contribution is 0.0234. The van der Waals surface area contributed by atoms with Crippen molar-refractivity contribution in [3.8, 4) is 22.8 Å². The Morgan fingerprint density at radius 2 is 1.89 bits per heavy atom. The molecule has 2 atom stereocenters. The molecule has 0 aliphatic carbocycles. The van der Waals surface area contributed by atoms with E-state index in [1.165, 1.54) is 10.8 Å². The third-order valence-electron chi connectivity index (χ3n) is 7.62. The summed E-state index contributed by atoms with van der Waals surface area (Å²) < 4.78 is 65.5. The first-order chi connectivity index (χ1) is 21.2. The van der Waals surface area contributed by atoms with Gasteiger partial charge in [-0.15, -0.1) is 0 Å². The highest BCUT2D eigenvalue weighted by atomic mass is 32.2. The Balaban J connectivity index is 1.23. The zero-order chi connectivity index (χ0) is 30.7. The number of hydrogen-bond acceptors (Lipinski definition) is 9. The van der Waals surface area contributed by atoms with Crippen LogP contribution in [0.15, 0.2) is 76.8 Å². The van der Waals surface area contributed by atoms with Crippen molar-refractivity contribution in [3.63, 3.8) is 0 Å². The van der Waals surface area contributed by atoms with Crippen molar-refractivity contribution in [3.05, 3.63) is 99.9 Å². The van der Waals surface area contributed by atoms with Crippen LogP contribution in [-0.4, -0.2) is 55.3 Å². The van der Waals surface area contributed by atoms with Gasteiger partial charge in [-0.1, -0.05) is 36.4 Å². The standard InChI is InChI=1S/C32H32FN3O7S/c1-21-13-27(25-15-26(33)31(37)36(17-25)16-22-7-8-29-30(14-22)43-20-42-29)35-32(34-21)44(38,39)12-10-28(24-5-3-2-4-6-24)41-19-23-9-11-40-18-23/h2-8,13-15,17,23,28H,9-12,16,18-20H2,1H3. The van der Waals surface area contributed by atoms with Gasteiger partial charge in [-0.25, -0.2) is 22.8 Å². The number of nitrogens with zero attached hydrogens (tertiary/aromatic N) is 3. The molecule has 0 spiro atoms. The molecular formula is C32H32FN3O7S. The van der Waals surface area contributed by atoms with E-state index in [4.69, 9.17) is 18.9 Å². The van der Waals surface area contributed by atoms with E-state index in [1.807, 2.05) is 30.3 Å². The SMILES string of the molecule is Cc1cc(-c2cc(F)c(=O)n(Cc3ccc4c(c3)OCO4)c2)nc(S(=O)(=O)CCC(OCC2CCOC2)c2ccccc2)n1. The summed E-state index contributed by atoms with van der Waals surface area (Å²) in [4.78, 5) is 21.2. The largest absolute Gasteiger partial charge is 0.454 e. The first kappa shape index (κ1) is 29.9. The number of aromatic nitrogens is 3. The van der Waals surface area contributed by atoms with Gasteiger partial charge in [-0.3, -0.25) is 4.79 Å². The summed E-state index contributed by atoms with van der Waals surface area (Å²) >= 11 is 0. The summed E-state index contributed by atoms with van der Waals surface area (Å²) in [5.41, 5.74) is 1.58. The quantitative estimate of drug-likeness (QED) is 0.223. The van der Waals surface area contributed by atoms with Crippen LogP contribution in [0.1, 0.15) is 35.8 Å². The number of fused-ring (bicyclic) bond motifs is 1. The molecule has 1 saturated heterocycles. The third kappa shape index (κ3) is 6.82. The molecule has 0 radical (unpaired) electrons. The van der Waals surface area contributed by atoms with Crippen LogP contribution in [0.2, 0.25) is 0 Å². The molecule has 4 heterocycles. The van der Waals surface area contributed by atoms with Crippen molar-refractivity contribution in [2.45, 2.75) is 37.6 Å². The maximum absolute atomic E-state index is 14.9. The summed E-state index contributed by atoms with van der Waals surface area (Å²) in [6, 6.07) is 17.3. The van der Waals surface area contributed by atoms with Crippen LogP contribution in [0, 0.1) is 18.7 Å². The molecule has 0 saturated carbocycles. The maximum atomic E-state index is 14.9. The third-order valence-corrected chi connectivity index (χ3v) is 9.13. The molecule has 12 heteroatoms. The molecule has 2 aromatic carbocycles. The van der Waals surface area contributed by atoms with Crippen LogP contribution >= 0.6 is 0 Å². The number of aryl methyl sites for hydroxylation is 1. The maximum Gasteiger partial charge on any atom is 0.286 e. The molecule has 6 rings (SSSR count). The zero-order valence-electron chi connectivity index (χ0n) is 24.1. The van der Waals surface area contributed by atoms with Crippen LogP contribution in [0.5, 0.6) is 11.5 Å². The average Bonchev–Trinajstić information content (AvgIpc) is 3.72. The van der Waals surface area contributed by atoms with E-state index in [0.717, 1.165) is 18.1 Å². The van der Waals surface area contributed by atoms with E-state index in [1.54, 1.807) is 31.2 Å². The Bertz CT molecular complexity index is 1810. The summed E-state index contributed by atoms with van der Waals surface area (Å²) in [6.45, 7) is 3.61. The smallest absolute Gasteiger partial charge is 0.286 e. The first-order valence-corrected chi connectivity index (χ1v) is 16.0. The molecule has 0 N–H and O–H groups in total. The second kappa shape index (κ2) is 12.8. The highest BCUT2D eigenvalue weighted by molar-refractivity contribution is 7.91. The van der Waals surface area contributed by atoms with E-state index in [9.17, 15) is 17.6 Å². The van der Waals surface area contributed by atoms with E-state index in [0.29, 0.717) is 42.6 Å². The first-order valence-electron chi connectivity index (χ1n) is 14.4. The Labute approximate surface area is 254 Å². The fraction of sp³-hybridized carbons (Fsp3) is 0.344. The van der Waals surface area contributed by atoms with Gasteiger partial charge in [0.2, 0.25) is 21.8 Å². The molecular weight excluding hydrogens is 589 g/mol. The summed E-state index contributed by atoms with van der Waals surface area (Å²) in [7, 11) is -3.95. The fourth-order valence-electron chi connectivity index (χ4n) is 5.26. The monoisotopic (exact) mass is 621 g/mol. The van der Waals surface area contributed by atoms with Crippen molar-refractivity contribution in [2.75, 3.05) is 32.4 Å². The van der Waals surface area contributed by atoms with Gasteiger partial charge in [0.15, 0.2) is 17.3 Å². The molecule has 0 bridgehead atoms. The molecule has 2 aliphatic rings. The molecule has 4 aromatic rings. The van der Waals surface area contributed by atoms with E-state index in [2.05, 4.69) is 9.97 Å². The number of benzene rings is 2. The minimum atomic E-state index is -3.95. The van der Waals surface area contributed by atoms with Crippen molar-refractivity contribution in [1.29, 1.82) is 0 Å². The number of ether oxygens (including phenoxy) is 4. The zero-order valence-corrected chi connectivity index (χ0v) is 25.0. The average molecular weight is 622 g/mol. The van der Waals surface area contributed by atoms with Gasteiger partial charge in [-0.05, 0) is 55.2 Å². The Morgan fingerprint density at radius 3 is 2.68 bits per heavy atom. The Kier molecular flexibility index (Phi) is 8.74. The number of pyridine rings is 1. The predicted octanol–water partition coefficient (Wildman–Crippen LogP) is 4.49.